The van der Waals surface area contributed by atoms with Crippen LogP contribution in [0.1, 0.15) is 25.6 Å². The molecule has 2 aromatic rings. The summed E-state index contributed by atoms with van der Waals surface area (Å²) in [5.74, 6) is 1.68. The number of imidazole rings is 1. The van der Waals surface area contributed by atoms with Gasteiger partial charge in [0, 0.05) is 17.1 Å². The van der Waals surface area contributed by atoms with Crippen molar-refractivity contribution in [1.82, 2.24) is 9.55 Å². The molecule has 0 aliphatic rings. The Hall–Kier alpha value is -1.48. The van der Waals surface area contributed by atoms with E-state index in [0.29, 0.717) is 5.02 Å². The van der Waals surface area contributed by atoms with Crippen molar-refractivity contribution < 1.29 is 0 Å². The highest BCUT2D eigenvalue weighted by atomic mass is 35.5. The van der Waals surface area contributed by atoms with Gasteiger partial charge >= 0.3 is 0 Å². The molecule has 0 unspecified atom stereocenters. The maximum absolute atomic E-state index is 6.18. The van der Waals surface area contributed by atoms with Crippen LogP contribution in [0.25, 0.3) is 11.3 Å². The lowest BCUT2D eigenvalue weighted by atomic mass is 10.1. The molecule has 0 radical (unpaired) electrons. The summed E-state index contributed by atoms with van der Waals surface area (Å²) in [6.07, 6.45) is 2.25. The van der Waals surface area contributed by atoms with E-state index in [9.17, 15) is 0 Å². The molecule has 0 fully saturated rings. The molecule has 0 saturated carbocycles. The normalized spacial score (nSPS) is 10.8. The quantitative estimate of drug-likeness (QED) is 0.909. The molecule has 96 valence electrons. The summed E-state index contributed by atoms with van der Waals surface area (Å²) in [5.41, 5.74) is 7.98. The lowest BCUT2D eigenvalue weighted by Crippen LogP contribution is -2.04. The zero-order valence-electron chi connectivity index (χ0n) is 10.8. The van der Waals surface area contributed by atoms with Gasteiger partial charge in [-0.15, -0.1) is 0 Å². The molecule has 4 heteroatoms. The van der Waals surface area contributed by atoms with Gasteiger partial charge in [-0.25, -0.2) is 4.98 Å². The molecule has 0 atom stereocenters. The standard InChI is InChI=1S/C14H18ClN3/c1-3-4-8-18-10(2)17-13(14(18)16)11-6-5-7-12(15)9-11/h5-7,9H,3-4,8,16H2,1-2H3. The molecule has 18 heavy (non-hydrogen) atoms. The van der Waals surface area contributed by atoms with Crippen molar-refractivity contribution in [1.29, 1.82) is 0 Å². The highest BCUT2D eigenvalue weighted by Gasteiger charge is 2.13. The van der Waals surface area contributed by atoms with Crippen LogP contribution in [0.3, 0.4) is 0 Å². The molecule has 0 aliphatic carbocycles. The molecule has 2 N–H and O–H groups in total. The molecule has 0 saturated heterocycles. The van der Waals surface area contributed by atoms with E-state index in [0.717, 1.165) is 42.3 Å². The number of halogens is 1. The second-order valence-corrected chi connectivity index (χ2v) is 4.84. The minimum Gasteiger partial charge on any atom is -0.383 e. The van der Waals surface area contributed by atoms with Gasteiger partial charge in [0.2, 0.25) is 0 Å². The number of aromatic nitrogens is 2. The Kier molecular flexibility index (Phi) is 3.92. The van der Waals surface area contributed by atoms with Crippen LogP contribution in [0.15, 0.2) is 24.3 Å². The van der Waals surface area contributed by atoms with E-state index in [2.05, 4.69) is 16.5 Å². The average molecular weight is 264 g/mol. The number of anilines is 1. The molecular weight excluding hydrogens is 246 g/mol. The molecule has 2 rings (SSSR count). The van der Waals surface area contributed by atoms with Gasteiger partial charge in [-0.1, -0.05) is 37.1 Å². The first kappa shape index (κ1) is 13.0. The van der Waals surface area contributed by atoms with E-state index >= 15 is 0 Å². The van der Waals surface area contributed by atoms with E-state index in [1.165, 1.54) is 0 Å². The van der Waals surface area contributed by atoms with E-state index in [1.807, 2.05) is 31.2 Å². The number of aryl methyl sites for hydroxylation is 1. The van der Waals surface area contributed by atoms with E-state index in [1.54, 1.807) is 0 Å². The molecule has 0 spiro atoms. The second kappa shape index (κ2) is 5.44. The summed E-state index contributed by atoms with van der Waals surface area (Å²) in [4.78, 5) is 4.55. The SMILES string of the molecule is CCCCn1c(C)nc(-c2cccc(Cl)c2)c1N. The van der Waals surface area contributed by atoms with E-state index in [-0.39, 0.29) is 0 Å². The molecular formula is C14H18ClN3. The second-order valence-electron chi connectivity index (χ2n) is 4.41. The van der Waals surface area contributed by atoms with Crippen LogP contribution in [0.5, 0.6) is 0 Å². The van der Waals surface area contributed by atoms with Crippen molar-refractivity contribution in [2.75, 3.05) is 5.73 Å². The van der Waals surface area contributed by atoms with Gasteiger partial charge in [-0.2, -0.15) is 0 Å². The summed E-state index contributed by atoms with van der Waals surface area (Å²) < 4.78 is 2.07. The first-order valence-electron chi connectivity index (χ1n) is 6.22. The first-order valence-corrected chi connectivity index (χ1v) is 6.59. The topological polar surface area (TPSA) is 43.8 Å². The van der Waals surface area contributed by atoms with Crippen molar-refractivity contribution >= 4 is 17.4 Å². The zero-order chi connectivity index (χ0) is 13.1. The number of nitrogen functional groups attached to an aromatic ring is 1. The van der Waals surface area contributed by atoms with Crippen LogP contribution in [-0.4, -0.2) is 9.55 Å². The zero-order valence-corrected chi connectivity index (χ0v) is 11.5. The largest absolute Gasteiger partial charge is 0.383 e. The van der Waals surface area contributed by atoms with Crippen molar-refractivity contribution in [2.24, 2.45) is 0 Å². The Morgan fingerprint density at radius 2 is 2.17 bits per heavy atom. The highest BCUT2D eigenvalue weighted by molar-refractivity contribution is 6.30. The maximum Gasteiger partial charge on any atom is 0.131 e. The summed E-state index contributed by atoms with van der Waals surface area (Å²) in [5, 5.41) is 0.702. The van der Waals surface area contributed by atoms with Crippen LogP contribution in [0.4, 0.5) is 5.82 Å². The number of rotatable bonds is 4. The minimum atomic E-state index is 0.702. The van der Waals surface area contributed by atoms with Crippen LogP contribution >= 0.6 is 11.6 Å². The Morgan fingerprint density at radius 1 is 1.39 bits per heavy atom. The van der Waals surface area contributed by atoms with Gasteiger partial charge in [0.1, 0.15) is 17.3 Å². The average Bonchev–Trinajstić information content (AvgIpc) is 2.63. The number of unbranched alkanes of at least 4 members (excludes halogenated alkanes) is 1. The Labute approximate surface area is 113 Å². The van der Waals surface area contributed by atoms with Gasteiger partial charge in [-0.3, -0.25) is 0 Å². The Balaban J connectivity index is 2.40. The van der Waals surface area contributed by atoms with Gasteiger partial charge in [0.05, 0.1) is 0 Å². The maximum atomic E-state index is 6.18. The third kappa shape index (κ3) is 2.51. The highest BCUT2D eigenvalue weighted by Crippen LogP contribution is 2.28. The van der Waals surface area contributed by atoms with Crippen LogP contribution in [-0.2, 0) is 6.54 Å². The summed E-state index contributed by atoms with van der Waals surface area (Å²) in [6, 6.07) is 7.64. The predicted octanol–water partition coefficient (Wildman–Crippen LogP) is 3.89. The fourth-order valence-corrected chi connectivity index (χ4v) is 2.22. The predicted molar refractivity (Wildman–Crippen MR) is 76.7 cm³/mol. The van der Waals surface area contributed by atoms with Crippen molar-refractivity contribution in [3.05, 3.63) is 35.1 Å². The minimum absolute atomic E-state index is 0.702. The lowest BCUT2D eigenvalue weighted by molar-refractivity contribution is 0.622. The smallest absolute Gasteiger partial charge is 0.131 e. The molecule has 0 amide bonds. The third-order valence-corrected chi connectivity index (χ3v) is 3.27. The Morgan fingerprint density at radius 3 is 2.83 bits per heavy atom. The molecule has 0 bridgehead atoms. The van der Waals surface area contributed by atoms with Gasteiger partial charge in [0.15, 0.2) is 0 Å². The first-order chi connectivity index (χ1) is 8.63. The molecule has 1 heterocycles. The number of hydrogen-bond acceptors (Lipinski definition) is 2. The van der Waals surface area contributed by atoms with Crippen molar-refractivity contribution in [3.63, 3.8) is 0 Å². The summed E-state index contributed by atoms with van der Waals surface area (Å²) in [7, 11) is 0. The van der Waals surface area contributed by atoms with Crippen molar-refractivity contribution in [2.45, 2.75) is 33.2 Å². The molecule has 1 aromatic carbocycles. The van der Waals surface area contributed by atoms with Crippen LogP contribution in [0, 0.1) is 6.92 Å². The number of nitrogens with zero attached hydrogens (tertiary/aromatic N) is 2. The number of nitrogens with two attached hydrogens (primary N) is 1. The van der Waals surface area contributed by atoms with Gasteiger partial charge in [0.25, 0.3) is 0 Å². The molecule has 0 aliphatic heterocycles. The third-order valence-electron chi connectivity index (χ3n) is 3.03. The van der Waals surface area contributed by atoms with Gasteiger partial charge < -0.3 is 10.3 Å². The fourth-order valence-electron chi connectivity index (χ4n) is 2.03. The van der Waals surface area contributed by atoms with Gasteiger partial charge in [-0.05, 0) is 25.5 Å². The number of benzene rings is 1. The van der Waals surface area contributed by atoms with Crippen molar-refractivity contribution in [3.8, 4) is 11.3 Å². The monoisotopic (exact) mass is 263 g/mol. The summed E-state index contributed by atoms with van der Waals surface area (Å²) >= 11 is 6.00. The lowest BCUT2D eigenvalue weighted by Gasteiger charge is -2.06. The van der Waals surface area contributed by atoms with Crippen LogP contribution < -0.4 is 5.73 Å². The fraction of sp³-hybridized carbons (Fsp3) is 0.357. The van der Waals surface area contributed by atoms with Crippen LogP contribution in [0.2, 0.25) is 5.02 Å². The Bertz CT molecular complexity index is 546. The molecule has 3 nitrogen and oxygen atoms in total. The van der Waals surface area contributed by atoms with E-state index in [4.69, 9.17) is 17.3 Å². The van der Waals surface area contributed by atoms with E-state index < -0.39 is 0 Å². The molecule has 1 aromatic heterocycles. The number of hydrogen-bond donors (Lipinski definition) is 1. The summed E-state index contributed by atoms with van der Waals surface area (Å²) in [6.45, 7) is 5.07.